The maximum absolute atomic E-state index is 12.5. The summed E-state index contributed by atoms with van der Waals surface area (Å²) in [6, 6.07) is 3.69. The van der Waals surface area contributed by atoms with Gasteiger partial charge in [-0.25, -0.2) is 9.69 Å². The number of carbonyl (C=O) groups is 2. The van der Waals surface area contributed by atoms with Crippen molar-refractivity contribution in [2.45, 2.75) is 25.1 Å². The third-order valence-corrected chi connectivity index (χ3v) is 3.43. The number of hydrogen-bond acceptors (Lipinski definition) is 2. The second-order valence-corrected chi connectivity index (χ2v) is 4.92. The smallest absolute Gasteiger partial charge is 0.312 e. The van der Waals surface area contributed by atoms with Gasteiger partial charge in [-0.3, -0.25) is 4.79 Å². The lowest BCUT2D eigenvalue weighted by molar-refractivity contribution is -0.137. The van der Waals surface area contributed by atoms with Gasteiger partial charge in [0.2, 0.25) is 0 Å². The number of carbonyl (C=O) groups excluding carboxylic acids is 2. The largest absolute Gasteiger partial charge is 0.416 e. The average molecular weight is 284 g/mol. The summed E-state index contributed by atoms with van der Waals surface area (Å²) in [7, 11) is 0. The van der Waals surface area contributed by atoms with Crippen LogP contribution in [0.2, 0.25) is 0 Å². The molecule has 20 heavy (non-hydrogen) atoms. The predicted molar refractivity (Wildman–Crippen MR) is 64.1 cm³/mol. The van der Waals surface area contributed by atoms with Crippen LogP contribution in [0.25, 0.3) is 0 Å². The number of imide groups is 1. The Bertz CT molecular complexity index is 564. The fraction of sp³-hybridized carbons (Fsp3) is 0.385. The van der Waals surface area contributed by atoms with Crippen LogP contribution in [-0.2, 0) is 11.0 Å². The summed E-state index contributed by atoms with van der Waals surface area (Å²) in [4.78, 5) is 26.4. The molecule has 0 spiro atoms. The molecule has 1 aromatic rings. The van der Waals surface area contributed by atoms with Gasteiger partial charge in [-0.15, -0.1) is 0 Å². The number of hydrogen-bond donors (Lipinski definition) is 0. The topological polar surface area (TPSA) is 40.6 Å². The van der Waals surface area contributed by atoms with Gasteiger partial charge in [-0.1, -0.05) is 0 Å². The van der Waals surface area contributed by atoms with Gasteiger partial charge in [0.15, 0.2) is 0 Å². The third kappa shape index (κ3) is 2.13. The van der Waals surface area contributed by atoms with Crippen molar-refractivity contribution in [3.63, 3.8) is 0 Å². The number of urea groups is 1. The van der Waals surface area contributed by atoms with E-state index in [1.807, 2.05) is 0 Å². The summed E-state index contributed by atoms with van der Waals surface area (Å²) >= 11 is 0. The molecule has 1 aliphatic carbocycles. The monoisotopic (exact) mass is 284 g/mol. The average Bonchev–Trinajstić information content (AvgIpc) is 3.16. The first-order chi connectivity index (χ1) is 9.38. The lowest BCUT2D eigenvalue weighted by atomic mass is 10.2. The summed E-state index contributed by atoms with van der Waals surface area (Å²) < 4.78 is 37.4. The van der Waals surface area contributed by atoms with E-state index in [1.165, 1.54) is 4.90 Å². The van der Waals surface area contributed by atoms with Crippen LogP contribution < -0.4 is 4.90 Å². The second-order valence-electron chi connectivity index (χ2n) is 4.92. The lowest BCUT2D eigenvalue weighted by Gasteiger charge is -2.17. The van der Waals surface area contributed by atoms with Crippen LogP contribution in [0.1, 0.15) is 18.4 Å². The van der Waals surface area contributed by atoms with Gasteiger partial charge in [0.05, 0.1) is 11.3 Å². The normalized spacial score (nSPS) is 19.9. The van der Waals surface area contributed by atoms with E-state index in [-0.39, 0.29) is 18.3 Å². The molecule has 0 radical (unpaired) electrons. The molecule has 1 saturated carbocycles. The van der Waals surface area contributed by atoms with E-state index >= 15 is 0 Å². The molecule has 0 atom stereocenters. The van der Waals surface area contributed by atoms with E-state index in [4.69, 9.17) is 0 Å². The molecule has 1 saturated heterocycles. The Morgan fingerprint density at radius 2 is 1.65 bits per heavy atom. The fourth-order valence-corrected chi connectivity index (χ4v) is 2.24. The molecule has 1 aromatic carbocycles. The van der Waals surface area contributed by atoms with E-state index in [0.29, 0.717) is 0 Å². The Labute approximate surface area is 112 Å². The highest BCUT2D eigenvalue weighted by Gasteiger charge is 2.44. The number of nitrogens with zero attached hydrogens (tertiary/aromatic N) is 2. The summed E-state index contributed by atoms with van der Waals surface area (Å²) in [5.41, 5.74) is -0.629. The summed E-state index contributed by atoms with van der Waals surface area (Å²) in [6.45, 7) is 0.00449. The number of halogens is 3. The van der Waals surface area contributed by atoms with E-state index in [2.05, 4.69) is 0 Å². The third-order valence-electron chi connectivity index (χ3n) is 3.43. The van der Waals surface area contributed by atoms with Crippen molar-refractivity contribution in [1.82, 2.24) is 4.90 Å². The minimum atomic E-state index is -4.43. The van der Waals surface area contributed by atoms with Crippen molar-refractivity contribution in [2.24, 2.45) is 0 Å². The second kappa shape index (κ2) is 4.22. The van der Waals surface area contributed by atoms with Gasteiger partial charge in [0.25, 0.3) is 5.91 Å². The van der Waals surface area contributed by atoms with Crippen LogP contribution in [0.5, 0.6) is 0 Å². The molecular weight excluding hydrogens is 273 g/mol. The molecule has 0 bridgehead atoms. The lowest BCUT2D eigenvalue weighted by Crippen LogP contribution is -2.34. The van der Waals surface area contributed by atoms with Crippen molar-refractivity contribution in [3.05, 3.63) is 29.8 Å². The van der Waals surface area contributed by atoms with Crippen molar-refractivity contribution < 1.29 is 22.8 Å². The molecule has 1 heterocycles. The first kappa shape index (κ1) is 13.0. The molecule has 0 unspecified atom stereocenters. The Morgan fingerprint density at radius 1 is 1.05 bits per heavy atom. The van der Waals surface area contributed by atoms with Gasteiger partial charge in [0.1, 0.15) is 6.54 Å². The van der Waals surface area contributed by atoms with Crippen LogP contribution in [0.3, 0.4) is 0 Å². The van der Waals surface area contributed by atoms with Crippen molar-refractivity contribution >= 4 is 17.6 Å². The van der Waals surface area contributed by atoms with E-state index in [0.717, 1.165) is 42.0 Å². The number of alkyl halides is 3. The number of benzene rings is 1. The van der Waals surface area contributed by atoms with Gasteiger partial charge >= 0.3 is 12.2 Å². The van der Waals surface area contributed by atoms with Gasteiger partial charge in [0, 0.05) is 6.04 Å². The molecular formula is C13H11F3N2O2. The van der Waals surface area contributed by atoms with E-state index in [9.17, 15) is 22.8 Å². The molecule has 2 fully saturated rings. The van der Waals surface area contributed by atoms with Crippen LogP contribution in [0, 0.1) is 0 Å². The van der Waals surface area contributed by atoms with E-state index in [1.54, 1.807) is 0 Å². The Hall–Kier alpha value is -2.05. The van der Waals surface area contributed by atoms with Crippen LogP contribution >= 0.6 is 0 Å². The van der Waals surface area contributed by atoms with Crippen molar-refractivity contribution in [3.8, 4) is 0 Å². The number of rotatable bonds is 2. The molecule has 7 heteroatoms. The molecule has 1 aliphatic heterocycles. The summed E-state index contributed by atoms with van der Waals surface area (Å²) in [6.07, 6.45) is -2.68. The summed E-state index contributed by atoms with van der Waals surface area (Å²) in [5, 5.41) is 0. The predicted octanol–water partition coefficient (Wildman–Crippen LogP) is 2.64. The maximum atomic E-state index is 12.5. The first-order valence-corrected chi connectivity index (χ1v) is 6.19. The minimum absolute atomic E-state index is 0.00449. The molecule has 3 rings (SSSR count). The van der Waals surface area contributed by atoms with Crippen LogP contribution in [-0.4, -0.2) is 29.4 Å². The molecule has 0 N–H and O–H groups in total. The van der Waals surface area contributed by atoms with Gasteiger partial charge in [-0.05, 0) is 37.1 Å². The molecule has 0 aromatic heterocycles. The van der Waals surface area contributed by atoms with Crippen LogP contribution in [0.4, 0.5) is 23.7 Å². The standard InChI is InChI=1S/C13H11F3N2O2/c14-13(15,16)8-1-3-10(4-2-8)18-11(19)7-17(12(18)20)9-5-6-9/h1-4,9H,5-7H2. The van der Waals surface area contributed by atoms with Crippen molar-refractivity contribution in [1.29, 1.82) is 0 Å². The Balaban J connectivity index is 1.85. The molecule has 3 amide bonds. The van der Waals surface area contributed by atoms with Gasteiger partial charge in [-0.2, -0.15) is 13.2 Å². The molecule has 106 valence electrons. The van der Waals surface area contributed by atoms with Crippen molar-refractivity contribution in [2.75, 3.05) is 11.4 Å². The molecule has 2 aliphatic rings. The maximum Gasteiger partial charge on any atom is 0.416 e. The zero-order valence-electron chi connectivity index (χ0n) is 10.4. The Kier molecular flexibility index (Phi) is 2.74. The zero-order valence-corrected chi connectivity index (χ0v) is 10.4. The fourth-order valence-electron chi connectivity index (χ4n) is 2.24. The van der Waals surface area contributed by atoms with E-state index < -0.39 is 23.7 Å². The number of amides is 3. The highest BCUT2D eigenvalue weighted by atomic mass is 19.4. The SMILES string of the molecule is O=C1CN(C2CC2)C(=O)N1c1ccc(C(F)(F)F)cc1. The summed E-state index contributed by atoms with van der Waals surface area (Å²) in [5.74, 6) is -0.401. The Morgan fingerprint density at radius 3 is 2.15 bits per heavy atom. The quantitative estimate of drug-likeness (QED) is 0.783. The van der Waals surface area contributed by atoms with Crippen LogP contribution in [0.15, 0.2) is 24.3 Å². The highest BCUT2D eigenvalue weighted by molar-refractivity contribution is 6.19. The first-order valence-electron chi connectivity index (χ1n) is 6.19. The van der Waals surface area contributed by atoms with Gasteiger partial charge < -0.3 is 4.90 Å². The highest BCUT2D eigenvalue weighted by Crippen LogP contribution is 2.34. The zero-order chi connectivity index (χ0) is 14.5. The minimum Gasteiger partial charge on any atom is -0.312 e. The number of anilines is 1. The molecule has 4 nitrogen and oxygen atoms in total.